The topological polar surface area (TPSA) is 29.1 Å². The number of carbonyl (C=O) groups excluding carboxylic acids is 1. The molecule has 0 atom stereocenters. The van der Waals surface area contributed by atoms with Crippen molar-refractivity contribution in [3.8, 4) is 0 Å². The molecule has 0 aliphatic carbocycles. The molecular formula is C13H7Br3ClNO. The number of benzene rings is 2. The van der Waals surface area contributed by atoms with Gasteiger partial charge in [-0.3, -0.25) is 4.79 Å². The summed E-state index contributed by atoms with van der Waals surface area (Å²) in [6, 6.07) is 10.6. The monoisotopic (exact) mass is 465 g/mol. The molecule has 2 rings (SSSR count). The van der Waals surface area contributed by atoms with Crippen molar-refractivity contribution in [2.75, 3.05) is 5.32 Å². The van der Waals surface area contributed by atoms with Crippen molar-refractivity contribution in [1.29, 1.82) is 0 Å². The van der Waals surface area contributed by atoms with Gasteiger partial charge in [0.15, 0.2) is 0 Å². The van der Waals surface area contributed by atoms with Crippen LogP contribution in [0.5, 0.6) is 0 Å². The van der Waals surface area contributed by atoms with Crippen LogP contribution in [0.3, 0.4) is 0 Å². The molecule has 0 aromatic heterocycles. The molecule has 0 aliphatic rings. The Kier molecular flexibility index (Phi) is 5.06. The molecule has 0 unspecified atom stereocenters. The van der Waals surface area contributed by atoms with Crippen LogP contribution in [-0.4, -0.2) is 5.91 Å². The van der Waals surface area contributed by atoms with Gasteiger partial charge >= 0.3 is 0 Å². The first-order chi connectivity index (χ1) is 8.97. The van der Waals surface area contributed by atoms with E-state index in [1.165, 1.54) is 0 Å². The highest BCUT2D eigenvalue weighted by molar-refractivity contribution is 9.11. The lowest BCUT2D eigenvalue weighted by Crippen LogP contribution is -2.13. The van der Waals surface area contributed by atoms with E-state index in [2.05, 4.69) is 53.1 Å². The van der Waals surface area contributed by atoms with Gasteiger partial charge in [0.05, 0.1) is 11.3 Å². The van der Waals surface area contributed by atoms with E-state index >= 15 is 0 Å². The predicted octanol–water partition coefficient (Wildman–Crippen LogP) is 5.88. The average Bonchev–Trinajstić information content (AvgIpc) is 2.35. The zero-order valence-electron chi connectivity index (χ0n) is 9.38. The first-order valence-electron chi connectivity index (χ1n) is 5.19. The molecular weight excluding hydrogens is 461 g/mol. The summed E-state index contributed by atoms with van der Waals surface area (Å²) in [6.45, 7) is 0. The smallest absolute Gasteiger partial charge is 0.256 e. The number of anilines is 1. The molecule has 0 bridgehead atoms. The van der Waals surface area contributed by atoms with Gasteiger partial charge in [0.25, 0.3) is 5.91 Å². The Bertz CT molecular complexity index is 646. The Morgan fingerprint density at radius 3 is 2.42 bits per heavy atom. The molecule has 0 heterocycles. The summed E-state index contributed by atoms with van der Waals surface area (Å²) in [5, 5.41) is 3.43. The van der Waals surface area contributed by atoms with Crippen molar-refractivity contribution in [2.45, 2.75) is 0 Å². The Morgan fingerprint density at radius 1 is 1.00 bits per heavy atom. The maximum absolute atomic E-state index is 12.2. The Balaban J connectivity index is 2.28. The fraction of sp³-hybridized carbons (Fsp3) is 0. The first kappa shape index (κ1) is 15.0. The molecule has 0 saturated carbocycles. The number of carbonyl (C=O) groups is 1. The van der Waals surface area contributed by atoms with Crippen LogP contribution in [0.4, 0.5) is 5.69 Å². The molecule has 19 heavy (non-hydrogen) atoms. The van der Waals surface area contributed by atoms with Crippen molar-refractivity contribution < 1.29 is 4.79 Å². The van der Waals surface area contributed by atoms with E-state index < -0.39 is 0 Å². The highest BCUT2D eigenvalue weighted by atomic mass is 79.9. The minimum absolute atomic E-state index is 0.198. The van der Waals surface area contributed by atoms with Crippen molar-refractivity contribution in [3.05, 3.63) is 60.4 Å². The van der Waals surface area contributed by atoms with E-state index in [1.54, 1.807) is 24.3 Å². The van der Waals surface area contributed by atoms with Crippen molar-refractivity contribution in [1.82, 2.24) is 0 Å². The molecule has 0 spiro atoms. The fourth-order valence-corrected chi connectivity index (χ4v) is 3.02. The Morgan fingerprint density at radius 2 is 1.74 bits per heavy atom. The van der Waals surface area contributed by atoms with Gasteiger partial charge in [0, 0.05) is 18.4 Å². The molecule has 0 saturated heterocycles. The van der Waals surface area contributed by atoms with Crippen LogP contribution in [0, 0.1) is 0 Å². The van der Waals surface area contributed by atoms with Gasteiger partial charge in [-0.05, 0) is 68.3 Å². The second-order valence-corrected chi connectivity index (χ2v) is 6.76. The molecule has 98 valence electrons. The maximum Gasteiger partial charge on any atom is 0.256 e. The highest BCUT2D eigenvalue weighted by Gasteiger charge is 2.12. The third kappa shape index (κ3) is 3.81. The molecule has 0 radical (unpaired) electrons. The molecule has 0 aliphatic heterocycles. The molecule has 2 aromatic rings. The first-order valence-corrected chi connectivity index (χ1v) is 7.94. The van der Waals surface area contributed by atoms with Gasteiger partial charge in [-0.1, -0.05) is 27.5 Å². The van der Waals surface area contributed by atoms with Crippen LogP contribution in [0.25, 0.3) is 0 Å². The molecule has 1 amide bonds. The Hall–Kier alpha value is -0.360. The van der Waals surface area contributed by atoms with Crippen molar-refractivity contribution in [3.63, 3.8) is 0 Å². The molecule has 0 fully saturated rings. The summed E-state index contributed by atoms with van der Waals surface area (Å²) < 4.78 is 2.31. The third-order valence-corrected chi connectivity index (χ3v) is 4.43. The van der Waals surface area contributed by atoms with Crippen LogP contribution in [-0.2, 0) is 0 Å². The maximum atomic E-state index is 12.2. The summed E-state index contributed by atoms with van der Waals surface area (Å²) in [6.07, 6.45) is 0. The van der Waals surface area contributed by atoms with Gasteiger partial charge in [-0.15, -0.1) is 0 Å². The normalized spacial score (nSPS) is 10.3. The predicted molar refractivity (Wildman–Crippen MR) is 88.9 cm³/mol. The van der Waals surface area contributed by atoms with E-state index in [-0.39, 0.29) is 5.91 Å². The molecule has 6 heteroatoms. The average molecular weight is 468 g/mol. The summed E-state index contributed by atoms with van der Waals surface area (Å²) >= 11 is 15.9. The summed E-state index contributed by atoms with van der Waals surface area (Å²) in [5.74, 6) is -0.198. The summed E-state index contributed by atoms with van der Waals surface area (Å²) in [7, 11) is 0. The minimum Gasteiger partial charge on any atom is -0.321 e. The van der Waals surface area contributed by atoms with Gasteiger partial charge in [-0.2, -0.15) is 0 Å². The van der Waals surface area contributed by atoms with E-state index in [9.17, 15) is 4.79 Å². The lowest BCUT2D eigenvalue weighted by Gasteiger charge is -2.09. The quantitative estimate of drug-likeness (QED) is 0.586. The lowest BCUT2D eigenvalue weighted by atomic mass is 10.2. The van der Waals surface area contributed by atoms with Gasteiger partial charge in [0.2, 0.25) is 0 Å². The standard InChI is InChI=1S/C13H7Br3ClNO/c14-7-1-3-10(15)9(5-7)13(19)18-12-4-2-8(17)6-11(12)16/h1-6H,(H,18,19). The summed E-state index contributed by atoms with van der Waals surface area (Å²) in [4.78, 5) is 12.2. The number of hydrogen-bond donors (Lipinski definition) is 1. The number of amides is 1. The fourth-order valence-electron chi connectivity index (χ4n) is 1.45. The molecule has 2 nitrogen and oxygen atoms in total. The van der Waals surface area contributed by atoms with Gasteiger partial charge in [0.1, 0.15) is 0 Å². The van der Waals surface area contributed by atoms with Crippen LogP contribution in [0.2, 0.25) is 5.02 Å². The number of nitrogens with one attached hydrogen (secondary N) is 1. The highest BCUT2D eigenvalue weighted by Crippen LogP contribution is 2.28. The van der Waals surface area contributed by atoms with E-state index in [4.69, 9.17) is 11.6 Å². The second-order valence-electron chi connectivity index (χ2n) is 3.70. The van der Waals surface area contributed by atoms with E-state index in [1.807, 2.05) is 12.1 Å². The number of hydrogen-bond acceptors (Lipinski definition) is 1. The van der Waals surface area contributed by atoms with Crippen molar-refractivity contribution in [2.24, 2.45) is 0 Å². The van der Waals surface area contributed by atoms with Crippen LogP contribution in [0.1, 0.15) is 10.4 Å². The van der Waals surface area contributed by atoms with Crippen LogP contribution >= 0.6 is 59.4 Å². The van der Waals surface area contributed by atoms with Crippen molar-refractivity contribution >= 4 is 71.0 Å². The number of rotatable bonds is 2. The number of halogens is 4. The zero-order chi connectivity index (χ0) is 14.0. The molecule has 1 N–H and O–H groups in total. The van der Waals surface area contributed by atoms with E-state index in [0.29, 0.717) is 16.3 Å². The zero-order valence-corrected chi connectivity index (χ0v) is 14.9. The van der Waals surface area contributed by atoms with Crippen LogP contribution in [0.15, 0.2) is 49.8 Å². The second kappa shape index (κ2) is 6.39. The lowest BCUT2D eigenvalue weighted by molar-refractivity contribution is 0.102. The third-order valence-electron chi connectivity index (χ3n) is 2.35. The Labute approximate surface area is 140 Å². The minimum atomic E-state index is -0.198. The molecule has 2 aromatic carbocycles. The summed E-state index contributed by atoms with van der Waals surface area (Å²) in [5.41, 5.74) is 1.22. The van der Waals surface area contributed by atoms with E-state index in [0.717, 1.165) is 13.4 Å². The van der Waals surface area contributed by atoms with Crippen LogP contribution < -0.4 is 5.32 Å². The SMILES string of the molecule is O=C(Nc1ccc(Cl)cc1Br)c1cc(Br)ccc1Br. The van der Waals surface area contributed by atoms with Gasteiger partial charge < -0.3 is 5.32 Å². The van der Waals surface area contributed by atoms with Gasteiger partial charge in [-0.25, -0.2) is 0 Å². The largest absolute Gasteiger partial charge is 0.321 e.